The Bertz CT molecular complexity index is 1260. The van der Waals surface area contributed by atoms with Gasteiger partial charge in [0.15, 0.2) is 28.2 Å². The number of carbonyl (C=O) groups is 1. The molecule has 3 heterocycles. The van der Waals surface area contributed by atoms with E-state index in [9.17, 15) is 22.2 Å². The molecule has 3 aromatic rings. The highest BCUT2D eigenvalue weighted by molar-refractivity contribution is 7.84. The minimum atomic E-state index is -3.96. The molecule has 1 fully saturated rings. The number of nitrogens with one attached hydrogen (secondary N) is 1. The van der Waals surface area contributed by atoms with Crippen LogP contribution in [0.2, 0.25) is 5.02 Å². The standard InChI is InChI=1S/C19H12ClF3N2O5S/c20-11-2-3-13-16(30-19(22,23)29-13)17(11)31(27)24-18(26)15-8-10-12(21)6-9(7-14(10)28-15)25-4-1-5-25/h2-3,6-8H,1,4-5H2,(H,24,26). The summed E-state index contributed by atoms with van der Waals surface area (Å²) < 4.78 is 70.1. The maximum Gasteiger partial charge on any atom is 0.586 e. The molecule has 1 N–H and O–H groups in total. The van der Waals surface area contributed by atoms with Crippen LogP contribution in [0.1, 0.15) is 17.0 Å². The first-order valence-electron chi connectivity index (χ1n) is 9.01. The lowest BCUT2D eigenvalue weighted by atomic mass is 10.1. The van der Waals surface area contributed by atoms with Gasteiger partial charge < -0.3 is 18.8 Å². The lowest BCUT2D eigenvalue weighted by molar-refractivity contribution is -0.287. The van der Waals surface area contributed by atoms with Crippen molar-refractivity contribution in [3.63, 3.8) is 0 Å². The molecule has 0 saturated carbocycles. The van der Waals surface area contributed by atoms with E-state index >= 15 is 0 Å². The van der Waals surface area contributed by atoms with Gasteiger partial charge in [0.1, 0.15) is 16.3 Å². The van der Waals surface area contributed by atoms with Crippen LogP contribution < -0.4 is 19.1 Å². The van der Waals surface area contributed by atoms with Gasteiger partial charge in [-0.15, -0.1) is 8.78 Å². The quantitative estimate of drug-likeness (QED) is 0.612. The van der Waals surface area contributed by atoms with Gasteiger partial charge >= 0.3 is 6.29 Å². The highest BCUT2D eigenvalue weighted by Gasteiger charge is 2.46. The number of furan rings is 1. The summed E-state index contributed by atoms with van der Waals surface area (Å²) in [6, 6.07) is 6.43. The topological polar surface area (TPSA) is 81.0 Å². The molecule has 2 aliphatic heterocycles. The van der Waals surface area contributed by atoms with Gasteiger partial charge in [-0.05, 0) is 24.6 Å². The third kappa shape index (κ3) is 3.47. The van der Waals surface area contributed by atoms with Gasteiger partial charge in [-0.1, -0.05) is 11.6 Å². The summed E-state index contributed by atoms with van der Waals surface area (Å²) in [6.07, 6.45) is -2.95. The van der Waals surface area contributed by atoms with Crippen LogP contribution in [0, 0.1) is 5.82 Å². The first kappa shape index (κ1) is 20.0. The molecule has 7 nitrogen and oxygen atoms in total. The molecule has 12 heteroatoms. The van der Waals surface area contributed by atoms with Crippen molar-refractivity contribution in [2.24, 2.45) is 0 Å². The Kier molecular flexibility index (Phi) is 4.56. The van der Waals surface area contributed by atoms with Gasteiger partial charge in [0, 0.05) is 30.9 Å². The third-order valence-electron chi connectivity index (χ3n) is 4.87. The molecule has 1 saturated heterocycles. The predicted molar refractivity (Wildman–Crippen MR) is 105 cm³/mol. The number of ether oxygens (including phenoxy) is 2. The van der Waals surface area contributed by atoms with Crippen LogP contribution in [-0.4, -0.2) is 29.5 Å². The maximum atomic E-state index is 14.5. The lowest BCUT2D eigenvalue weighted by Crippen LogP contribution is -2.36. The SMILES string of the molecule is O=C(NS(=O)c1c(Cl)ccc2c1OC(F)(F)O2)c1cc2c(F)cc(N3CCC3)cc2o1. The Labute approximate surface area is 180 Å². The zero-order valence-corrected chi connectivity index (χ0v) is 17.0. The van der Waals surface area contributed by atoms with Crippen LogP contribution in [0.4, 0.5) is 18.9 Å². The zero-order valence-electron chi connectivity index (χ0n) is 15.4. The van der Waals surface area contributed by atoms with E-state index in [1.54, 1.807) is 6.07 Å². The highest BCUT2D eigenvalue weighted by Crippen LogP contribution is 2.46. The number of rotatable bonds is 4. The van der Waals surface area contributed by atoms with E-state index in [2.05, 4.69) is 14.2 Å². The molecule has 5 rings (SSSR count). The summed E-state index contributed by atoms with van der Waals surface area (Å²) in [5, 5.41) is -0.108. The first-order valence-corrected chi connectivity index (χ1v) is 10.5. The molecule has 0 spiro atoms. The normalized spacial score (nSPS) is 17.5. The number of halogens is 4. The summed E-state index contributed by atoms with van der Waals surface area (Å²) in [5.74, 6) is -2.77. The Hall–Kier alpha value is -2.92. The van der Waals surface area contributed by atoms with Crippen LogP contribution >= 0.6 is 11.6 Å². The van der Waals surface area contributed by atoms with Crippen molar-refractivity contribution >= 4 is 45.2 Å². The number of anilines is 1. The Balaban J connectivity index is 1.42. The summed E-state index contributed by atoms with van der Waals surface area (Å²) >= 11 is 5.97. The fraction of sp³-hybridized carbons (Fsp3) is 0.211. The molecule has 1 amide bonds. The molecule has 2 aromatic carbocycles. The summed E-state index contributed by atoms with van der Waals surface area (Å²) in [6.45, 7) is 1.59. The molecular formula is C19H12ClF3N2O5S. The van der Waals surface area contributed by atoms with E-state index in [0.717, 1.165) is 25.6 Å². The van der Waals surface area contributed by atoms with Crippen LogP contribution in [0.25, 0.3) is 11.0 Å². The lowest BCUT2D eigenvalue weighted by Gasteiger charge is -2.33. The van der Waals surface area contributed by atoms with Crippen molar-refractivity contribution in [3.8, 4) is 11.5 Å². The second-order valence-corrected chi connectivity index (χ2v) is 8.42. The Morgan fingerprint density at radius 2 is 1.97 bits per heavy atom. The molecule has 1 aromatic heterocycles. The first-order chi connectivity index (χ1) is 14.7. The summed E-state index contributed by atoms with van der Waals surface area (Å²) in [7, 11) is -2.40. The number of carbonyl (C=O) groups excluding carboxylic acids is 1. The number of amides is 1. The van der Waals surface area contributed by atoms with Crippen molar-refractivity contribution in [3.05, 3.63) is 46.9 Å². The number of benzene rings is 2. The number of nitrogens with zero attached hydrogens (tertiary/aromatic N) is 1. The second kappa shape index (κ2) is 7.06. The molecule has 162 valence electrons. The smallest absolute Gasteiger partial charge is 0.451 e. The minimum absolute atomic E-state index is 0.0789. The summed E-state index contributed by atoms with van der Waals surface area (Å²) in [4.78, 5) is 14.1. The number of alkyl halides is 2. The largest absolute Gasteiger partial charge is 0.586 e. The van der Waals surface area contributed by atoms with Crippen LogP contribution in [0.5, 0.6) is 11.5 Å². The summed E-state index contributed by atoms with van der Waals surface area (Å²) in [5.41, 5.74) is 0.777. The van der Waals surface area contributed by atoms with Crippen molar-refractivity contribution in [2.45, 2.75) is 17.6 Å². The van der Waals surface area contributed by atoms with Gasteiger partial charge in [-0.25, -0.2) is 8.60 Å². The van der Waals surface area contributed by atoms with Crippen molar-refractivity contribution < 1.29 is 36.1 Å². The van der Waals surface area contributed by atoms with Crippen LogP contribution in [-0.2, 0) is 11.0 Å². The third-order valence-corrected chi connectivity index (χ3v) is 6.44. The van der Waals surface area contributed by atoms with E-state index in [1.807, 2.05) is 4.90 Å². The van der Waals surface area contributed by atoms with Gasteiger partial charge in [-0.2, -0.15) is 0 Å². The molecule has 0 aliphatic carbocycles. The fourth-order valence-electron chi connectivity index (χ4n) is 3.27. The zero-order chi connectivity index (χ0) is 21.9. The molecule has 1 unspecified atom stereocenters. The van der Waals surface area contributed by atoms with Crippen molar-refractivity contribution in [1.29, 1.82) is 0 Å². The van der Waals surface area contributed by atoms with Gasteiger partial charge in [0.25, 0.3) is 5.91 Å². The van der Waals surface area contributed by atoms with Gasteiger partial charge in [0.2, 0.25) is 0 Å². The van der Waals surface area contributed by atoms with Crippen LogP contribution in [0.15, 0.2) is 39.6 Å². The molecule has 0 radical (unpaired) electrons. The minimum Gasteiger partial charge on any atom is -0.451 e. The number of fused-ring (bicyclic) bond motifs is 2. The fourth-order valence-corrected chi connectivity index (χ4v) is 4.56. The molecule has 31 heavy (non-hydrogen) atoms. The van der Waals surface area contributed by atoms with E-state index in [0.29, 0.717) is 5.69 Å². The Morgan fingerprint density at radius 3 is 2.68 bits per heavy atom. The molecular weight excluding hydrogens is 461 g/mol. The second-order valence-electron chi connectivity index (χ2n) is 6.86. The van der Waals surface area contributed by atoms with Crippen molar-refractivity contribution in [2.75, 3.05) is 18.0 Å². The van der Waals surface area contributed by atoms with Gasteiger partial charge in [-0.3, -0.25) is 9.52 Å². The maximum absolute atomic E-state index is 14.5. The van der Waals surface area contributed by atoms with E-state index in [1.165, 1.54) is 18.2 Å². The molecule has 2 aliphatic rings. The number of hydrogen-bond acceptors (Lipinski definition) is 6. The highest BCUT2D eigenvalue weighted by atomic mass is 35.5. The molecule has 1 atom stereocenters. The predicted octanol–water partition coefficient (Wildman–Crippen LogP) is 4.21. The Morgan fingerprint density at radius 1 is 1.19 bits per heavy atom. The van der Waals surface area contributed by atoms with Gasteiger partial charge in [0.05, 0.1) is 10.4 Å². The average Bonchev–Trinajstić information content (AvgIpc) is 3.20. The van der Waals surface area contributed by atoms with E-state index in [-0.39, 0.29) is 27.5 Å². The van der Waals surface area contributed by atoms with Crippen LogP contribution in [0.3, 0.4) is 0 Å². The molecule has 0 bridgehead atoms. The monoisotopic (exact) mass is 472 g/mol. The van der Waals surface area contributed by atoms with E-state index in [4.69, 9.17) is 16.0 Å². The number of hydrogen-bond donors (Lipinski definition) is 1. The van der Waals surface area contributed by atoms with Crippen molar-refractivity contribution in [1.82, 2.24) is 4.72 Å². The van der Waals surface area contributed by atoms with E-state index < -0.39 is 39.6 Å². The average molecular weight is 473 g/mol.